The summed E-state index contributed by atoms with van der Waals surface area (Å²) in [6.45, 7) is 3.11. The van der Waals surface area contributed by atoms with E-state index in [1.165, 1.54) is 6.20 Å². The third kappa shape index (κ3) is 1.18. The summed E-state index contributed by atoms with van der Waals surface area (Å²) in [6, 6.07) is 2.16. The van der Waals surface area contributed by atoms with Crippen LogP contribution >= 0.6 is 0 Å². The van der Waals surface area contributed by atoms with Crippen LogP contribution in [0, 0.1) is 11.7 Å². The second kappa shape index (κ2) is 2.92. The predicted octanol–water partition coefficient (Wildman–Crippen LogP) is 0.629. The molecule has 0 bridgehead atoms. The lowest BCUT2D eigenvalue weighted by Crippen LogP contribution is -2.51. The lowest BCUT2D eigenvalue weighted by Gasteiger charge is -2.29. The average Bonchev–Trinajstić information content (AvgIpc) is 2.43. The van der Waals surface area contributed by atoms with Crippen LogP contribution in [0.2, 0.25) is 0 Å². The molecule has 74 valence electrons. The van der Waals surface area contributed by atoms with Crippen molar-refractivity contribution < 1.29 is 4.39 Å². The van der Waals surface area contributed by atoms with E-state index in [0.717, 1.165) is 31.2 Å². The monoisotopic (exact) mass is 193 g/mol. The Morgan fingerprint density at radius 2 is 2.36 bits per heavy atom. The summed E-state index contributed by atoms with van der Waals surface area (Å²) in [5.41, 5.74) is 0.904. The largest absolute Gasteiger partial charge is 0.368 e. The van der Waals surface area contributed by atoms with Crippen molar-refractivity contribution in [2.24, 2.45) is 5.92 Å². The Morgan fingerprint density at radius 1 is 1.43 bits per heavy atom. The number of aromatic nitrogens is 1. The van der Waals surface area contributed by atoms with Crippen molar-refractivity contribution in [1.29, 1.82) is 0 Å². The first-order chi connectivity index (χ1) is 6.83. The lowest BCUT2D eigenvalue weighted by atomic mass is 9.96. The minimum absolute atomic E-state index is 0.255. The van der Waals surface area contributed by atoms with Gasteiger partial charge in [0.05, 0.1) is 18.1 Å². The third-order valence-corrected chi connectivity index (χ3v) is 3.14. The minimum atomic E-state index is -0.255. The molecule has 2 fully saturated rings. The molecule has 1 aromatic rings. The summed E-state index contributed by atoms with van der Waals surface area (Å²) in [6.07, 6.45) is 2.97. The predicted molar refractivity (Wildman–Crippen MR) is 51.7 cm³/mol. The zero-order valence-corrected chi connectivity index (χ0v) is 7.78. The Bertz CT molecular complexity index is 343. The molecule has 3 heterocycles. The second-order valence-corrected chi connectivity index (χ2v) is 4.04. The Kier molecular flexibility index (Phi) is 1.70. The Balaban J connectivity index is 1.82. The molecule has 0 radical (unpaired) electrons. The number of nitrogens with zero attached hydrogens (tertiary/aromatic N) is 2. The van der Waals surface area contributed by atoms with Crippen molar-refractivity contribution in [2.45, 2.75) is 6.04 Å². The molecule has 14 heavy (non-hydrogen) atoms. The van der Waals surface area contributed by atoms with Gasteiger partial charge in [0.15, 0.2) is 0 Å². The quantitative estimate of drug-likeness (QED) is 0.709. The van der Waals surface area contributed by atoms with Crippen LogP contribution in [0.1, 0.15) is 0 Å². The molecule has 0 amide bonds. The Labute approximate surface area is 81.9 Å². The summed E-state index contributed by atoms with van der Waals surface area (Å²) in [7, 11) is 0. The van der Waals surface area contributed by atoms with E-state index < -0.39 is 0 Å². The topological polar surface area (TPSA) is 28.2 Å². The van der Waals surface area contributed by atoms with Crippen molar-refractivity contribution in [3.63, 3.8) is 0 Å². The van der Waals surface area contributed by atoms with Crippen molar-refractivity contribution in [1.82, 2.24) is 10.3 Å². The van der Waals surface area contributed by atoms with Crippen LogP contribution < -0.4 is 10.2 Å². The van der Waals surface area contributed by atoms with Crippen molar-refractivity contribution >= 4 is 5.69 Å². The van der Waals surface area contributed by atoms with Gasteiger partial charge in [0.25, 0.3) is 0 Å². The number of fused-ring (bicyclic) bond motifs is 1. The number of rotatable bonds is 1. The maximum absolute atomic E-state index is 12.9. The molecule has 0 spiro atoms. The highest BCUT2D eigenvalue weighted by atomic mass is 19.1. The molecule has 2 aliphatic rings. The van der Waals surface area contributed by atoms with E-state index in [0.29, 0.717) is 6.04 Å². The number of hydrogen-bond acceptors (Lipinski definition) is 3. The maximum Gasteiger partial charge on any atom is 0.143 e. The van der Waals surface area contributed by atoms with E-state index in [4.69, 9.17) is 0 Å². The van der Waals surface area contributed by atoms with Crippen LogP contribution in [-0.2, 0) is 0 Å². The molecule has 0 aliphatic carbocycles. The second-order valence-electron chi connectivity index (χ2n) is 4.04. The van der Waals surface area contributed by atoms with Crippen LogP contribution in [-0.4, -0.2) is 30.7 Å². The van der Waals surface area contributed by atoms with Gasteiger partial charge >= 0.3 is 0 Å². The first-order valence-corrected chi connectivity index (χ1v) is 4.92. The van der Waals surface area contributed by atoms with Gasteiger partial charge in [-0.25, -0.2) is 4.39 Å². The number of pyridine rings is 1. The number of hydrogen-bond donors (Lipinski definition) is 1. The van der Waals surface area contributed by atoms with Crippen molar-refractivity contribution in [3.05, 3.63) is 24.3 Å². The molecule has 0 saturated carbocycles. The average molecular weight is 193 g/mol. The molecule has 1 N–H and O–H groups in total. The van der Waals surface area contributed by atoms with Gasteiger partial charge in [0.2, 0.25) is 0 Å². The SMILES string of the molecule is Fc1cncc(N2C[C@H]3CN[C@H]3C2)c1. The van der Waals surface area contributed by atoms with Gasteiger partial charge in [-0.05, 0) is 0 Å². The minimum Gasteiger partial charge on any atom is -0.368 e. The summed E-state index contributed by atoms with van der Waals surface area (Å²) in [5, 5.41) is 3.37. The van der Waals surface area contributed by atoms with Crippen molar-refractivity contribution in [2.75, 3.05) is 24.5 Å². The van der Waals surface area contributed by atoms with Gasteiger partial charge in [-0.15, -0.1) is 0 Å². The Morgan fingerprint density at radius 3 is 2.93 bits per heavy atom. The molecule has 3 nitrogen and oxygen atoms in total. The highest BCUT2D eigenvalue weighted by Crippen LogP contribution is 2.27. The fourth-order valence-corrected chi connectivity index (χ4v) is 2.24. The highest BCUT2D eigenvalue weighted by Gasteiger charge is 2.39. The molecule has 2 atom stereocenters. The smallest absolute Gasteiger partial charge is 0.143 e. The zero-order chi connectivity index (χ0) is 9.54. The van der Waals surface area contributed by atoms with Gasteiger partial charge < -0.3 is 10.2 Å². The molecule has 4 heteroatoms. The van der Waals surface area contributed by atoms with E-state index in [-0.39, 0.29) is 5.82 Å². The molecule has 2 aliphatic heterocycles. The Hall–Kier alpha value is -1.16. The van der Waals surface area contributed by atoms with E-state index in [1.54, 1.807) is 12.3 Å². The summed E-state index contributed by atoms with van der Waals surface area (Å²) >= 11 is 0. The molecular weight excluding hydrogens is 181 g/mol. The van der Waals surface area contributed by atoms with E-state index in [9.17, 15) is 4.39 Å². The zero-order valence-electron chi connectivity index (χ0n) is 7.78. The summed E-state index contributed by atoms with van der Waals surface area (Å²) < 4.78 is 12.9. The van der Waals surface area contributed by atoms with Gasteiger partial charge in [-0.2, -0.15) is 0 Å². The van der Waals surface area contributed by atoms with E-state index in [2.05, 4.69) is 15.2 Å². The summed E-state index contributed by atoms with van der Waals surface area (Å²) in [5.74, 6) is 0.493. The lowest BCUT2D eigenvalue weighted by molar-refractivity contribution is 0.297. The fraction of sp³-hybridized carbons (Fsp3) is 0.500. The van der Waals surface area contributed by atoms with Gasteiger partial charge in [0, 0.05) is 37.7 Å². The number of anilines is 1. The van der Waals surface area contributed by atoms with E-state index >= 15 is 0 Å². The van der Waals surface area contributed by atoms with Crippen LogP contribution in [0.15, 0.2) is 18.5 Å². The van der Waals surface area contributed by atoms with Gasteiger partial charge in [-0.1, -0.05) is 0 Å². The standard InChI is InChI=1S/C10H12FN3/c11-8-1-9(4-12-3-8)14-5-7-2-13-10(7)6-14/h1,3-4,7,10,13H,2,5-6H2/t7-,10+/m1/s1. The van der Waals surface area contributed by atoms with Gasteiger partial charge in [-0.3, -0.25) is 4.98 Å². The van der Waals surface area contributed by atoms with Crippen molar-refractivity contribution in [3.8, 4) is 0 Å². The van der Waals surface area contributed by atoms with Gasteiger partial charge in [0.1, 0.15) is 5.82 Å². The van der Waals surface area contributed by atoms with Crippen LogP contribution in [0.4, 0.5) is 10.1 Å². The fourth-order valence-electron chi connectivity index (χ4n) is 2.24. The normalized spacial score (nSPS) is 29.9. The summed E-state index contributed by atoms with van der Waals surface area (Å²) in [4.78, 5) is 6.06. The van der Waals surface area contributed by atoms with Crippen LogP contribution in [0.5, 0.6) is 0 Å². The van der Waals surface area contributed by atoms with Crippen LogP contribution in [0.3, 0.4) is 0 Å². The first kappa shape index (κ1) is 8.17. The molecule has 3 rings (SSSR count). The third-order valence-electron chi connectivity index (χ3n) is 3.14. The van der Waals surface area contributed by atoms with Crippen LogP contribution in [0.25, 0.3) is 0 Å². The molecule has 0 aromatic carbocycles. The molecule has 2 saturated heterocycles. The molecule has 1 aromatic heterocycles. The first-order valence-electron chi connectivity index (χ1n) is 4.92. The number of halogens is 1. The molecular formula is C10H12FN3. The highest BCUT2D eigenvalue weighted by molar-refractivity contribution is 5.46. The van der Waals surface area contributed by atoms with E-state index in [1.807, 2.05) is 0 Å². The maximum atomic E-state index is 12.9. The number of nitrogens with one attached hydrogen (secondary N) is 1. The molecule has 0 unspecified atom stereocenters.